The third kappa shape index (κ3) is 2.46. The molecule has 0 aromatic heterocycles. The summed E-state index contributed by atoms with van der Waals surface area (Å²) in [5, 5.41) is 9.22. The van der Waals surface area contributed by atoms with Gasteiger partial charge < -0.3 is 10.8 Å². The van der Waals surface area contributed by atoms with Crippen LogP contribution in [0.2, 0.25) is 0 Å². The van der Waals surface area contributed by atoms with Gasteiger partial charge in [0.25, 0.3) is 0 Å². The van der Waals surface area contributed by atoms with E-state index in [1.165, 1.54) is 5.56 Å². The summed E-state index contributed by atoms with van der Waals surface area (Å²) in [5.74, 6) is 0. The van der Waals surface area contributed by atoms with E-state index in [4.69, 9.17) is 5.73 Å². The Labute approximate surface area is 79.4 Å². The minimum absolute atomic E-state index is 0.304. The molecular weight excluding hydrogens is 162 g/mol. The van der Waals surface area contributed by atoms with Crippen molar-refractivity contribution in [2.24, 2.45) is 0 Å². The molecule has 1 unspecified atom stereocenters. The van der Waals surface area contributed by atoms with Crippen molar-refractivity contribution in [2.75, 3.05) is 5.73 Å². The summed E-state index contributed by atoms with van der Waals surface area (Å²) in [4.78, 5) is 0. The predicted molar refractivity (Wildman–Crippen MR) is 55.7 cm³/mol. The molecule has 13 heavy (non-hydrogen) atoms. The molecule has 0 aliphatic carbocycles. The van der Waals surface area contributed by atoms with E-state index in [2.05, 4.69) is 6.07 Å². The van der Waals surface area contributed by atoms with Crippen LogP contribution in [-0.4, -0.2) is 11.2 Å². The van der Waals surface area contributed by atoms with Crippen molar-refractivity contribution < 1.29 is 5.11 Å². The topological polar surface area (TPSA) is 46.2 Å². The molecule has 0 heterocycles. The monoisotopic (exact) mass is 179 g/mol. The van der Waals surface area contributed by atoms with Crippen LogP contribution in [-0.2, 0) is 6.42 Å². The molecule has 1 rings (SSSR count). The fourth-order valence-electron chi connectivity index (χ4n) is 1.42. The lowest BCUT2D eigenvalue weighted by Gasteiger charge is -2.09. The first-order valence-electron chi connectivity index (χ1n) is 4.54. The van der Waals surface area contributed by atoms with E-state index in [1.807, 2.05) is 19.9 Å². The van der Waals surface area contributed by atoms with Gasteiger partial charge in [-0.05, 0) is 49.9 Å². The van der Waals surface area contributed by atoms with E-state index in [0.29, 0.717) is 6.42 Å². The lowest BCUT2D eigenvalue weighted by atomic mass is 10.0. The molecule has 0 saturated heterocycles. The first-order valence-corrected chi connectivity index (χ1v) is 4.54. The van der Waals surface area contributed by atoms with E-state index < -0.39 is 0 Å². The molecule has 0 radical (unpaired) electrons. The van der Waals surface area contributed by atoms with Crippen molar-refractivity contribution in [3.63, 3.8) is 0 Å². The Kier molecular flexibility index (Phi) is 2.94. The molecule has 3 N–H and O–H groups in total. The number of nitrogens with two attached hydrogens (primary N) is 1. The van der Waals surface area contributed by atoms with Gasteiger partial charge in [0.15, 0.2) is 0 Å². The Morgan fingerprint density at radius 3 is 2.46 bits per heavy atom. The van der Waals surface area contributed by atoms with Gasteiger partial charge in [-0.2, -0.15) is 0 Å². The standard InChI is InChI=1S/C11H17NO/c1-7-4-10(5-8(2)13)6-11(12)9(7)3/h4,6,8,13H,5,12H2,1-3H3. The molecule has 1 aromatic carbocycles. The van der Waals surface area contributed by atoms with E-state index in [0.717, 1.165) is 16.8 Å². The van der Waals surface area contributed by atoms with Gasteiger partial charge in [0, 0.05) is 5.69 Å². The molecule has 72 valence electrons. The Bertz CT molecular complexity index is 282. The second-order valence-corrected chi connectivity index (χ2v) is 3.68. The van der Waals surface area contributed by atoms with Crippen LogP contribution in [0.4, 0.5) is 5.69 Å². The number of benzene rings is 1. The lowest BCUT2D eigenvalue weighted by molar-refractivity contribution is 0.195. The summed E-state index contributed by atoms with van der Waals surface area (Å²) in [6, 6.07) is 4.02. The number of aliphatic hydroxyl groups is 1. The minimum Gasteiger partial charge on any atom is -0.398 e. The van der Waals surface area contributed by atoms with Gasteiger partial charge in [-0.1, -0.05) is 6.07 Å². The quantitative estimate of drug-likeness (QED) is 0.680. The zero-order chi connectivity index (χ0) is 10.0. The second kappa shape index (κ2) is 3.79. The van der Waals surface area contributed by atoms with Gasteiger partial charge in [0.05, 0.1) is 6.10 Å². The molecule has 0 aliphatic heterocycles. The highest BCUT2D eigenvalue weighted by atomic mass is 16.3. The summed E-state index contributed by atoms with van der Waals surface area (Å²) in [6.45, 7) is 5.83. The molecule has 2 nitrogen and oxygen atoms in total. The fourth-order valence-corrected chi connectivity index (χ4v) is 1.42. The van der Waals surface area contributed by atoms with E-state index in [9.17, 15) is 5.11 Å². The van der Waals surface area contributed by atoms with Crippen LogP contribution in [0, 0.1) is 13.8 Å². The Morgan fingerprint density at radius 1 is 1.38 bits per heavy atom. The van der Waals surface area contributed by atoms with Crippen LogP contribution in [0.5, 0.6) is 0 Å². The summed E-state index contributed by atoms with van der Waals surface area (Å²) < 4.78 is 0. The fraction of sp³-hybridized carbons (Fsp3) is 0.455. The molecule has 1 aromatic rings. The second-order valence-electron chi connectivity index (χ2n) is 3.68. The average Bonchev–Trinajstić information content (AvgIpc) is 1.98. The molecule has 0 fully saturated rings. The zero-order valence-electron chi connectivity index (χ0n) is 8.46. The average molecular weight is 179 g/mol. The normalized spacial score (nSPS) is 12.9. The maximum atomic E-state index is 9.22. The highest BCUT2D eigenvalue weighted by Gasteiger charge is 2.03. The lowest BCUT2D eigenvalue weighted by Crippen LogP contribution is -2.05. The maximum absolute atomic E-state index is 9.22. The summed E-state index contributed by atoms with van der Waals surface area (Å²) in [7, 11) is 0. The number of hydrogen-bond donors (Lipinski definition) is 2. The first-order chi connectivity index (χ1) is 6.00. The number of aryl methyl sites for hydroxylation is 1. The number of anilines is 1. The number of hydrogen-bond acceptors (Lipinski definition) is 2. The third-order valence-corrected chi connectivity index (χ3v) is 2.30. The first kappa shape index (κ1) is 10.1. The Morgan fingerprint density at radius 2 is 2.00 bits per heavy atom. The smallest absolute Gasteiger partial charge is 0.0552 e. The van der Waals surface area contributed by atoms with Gasteiger partial charge in [-0.15, -0.1) is 0 Å². The van der Waals surface area contributed by atoms with Crippen molar-refractivity contribution in [1.29, 1.82) is 0 Å². The summed E-state index contributed by atoms with van der Waals surface area (Å²) in [6.07, 6.45) is 0.368. The molecule has 0 aliphatic rings. The SMILES string of the molecule is Cc1cc(CC(C)O)cc(N)c1C. The van der Waals surface area contributed by atoms with Crippen LogP contribution in [0.3, 0.4) is 0 Å². The molecule has 0 bridgehead atoms. The van der Waals surface area contributed by atoms with Crippen LogP contribution in [0.25, 0.3) is 0 Å². The molecule has 0 saturated carbocycles. The largest absolute Gasteiger partial charge is 0.398 e. The highest BCUT2D eigenvalue weighted by Crippen LogP contribution is 2.18. The molecule has 0 spiro atoms. The van der Waals surface area contributed by atoms with Crippen molar-refractivity contribution in [1.82, 2.24) is 0 Å². The highest BCUT2D eigenvalue weighted by molar-refractivity contribution is 5.52. The molecular formula is C11H17NO. The van der Waals surface area contributed by atoms with Crippen molar-refractivity contribution in [2.45, 2.75) is 33.3 Å². The molecule has 0 amide bonds. The molecule has 2 heteroatoms. The number of rotatable bonds is 2. The van der Waals surface area contributed by atoms with Gasteiger partial charge in [-0.25, -0.2) is 0 Å². The van der Waals surface area contributed by atoms with E-state index >= 15 is 0 Å². The third-order valence-electron chi connectivity index (χ3n) is 2.30. The van der Waals surface area contributed by atoms with E-state index in [1.54, 1.807) is 6.92 Å². The zero-order valence-corrected chi connectivity index (χ0v) is 8.46. The van der Waals surface area contributed by atoms with Crippen LogP contribution < -0.4 is 5.73 Å². The van der Waals surface area contributed by atoms with Gasteiger partial charge >= 0.3 is 0 Å². The van der Waals surface area contributed by atoms with Crippen molar-refractivity contribution in [3.05, 3.63) is 28.8 Å². The van der Waals surface area contributed by atoms with Gasteiger partial charge in [-0.3, -0.25) is 0 Å². The molecule has 1 atom stereocenters. The van der Waals surface area contributed by atoms with Crippen molar-refractivity contribution >= 4 is 5.69 Å². The van der Waals surface area contributed by atoms with Crippen LogP contribution in [0.1, 0.15) is 23.6 Å². The minimum atomic E-state index is -0.304. The Hall–Kier alpha value is -1.02. The number of nitrogen functional groups attached to an aromatic ring is 1. The van der Waals surface area contributed by atoms with Gasteiger partial charge in [0.1, 0.15) is 0 Å². The van der Waals surface area contributed by atoms with Crippen molar-refractivity contribution in [3.8, 4) is 0 Å². The van der Waals surface area contributed by atoms with Gasteiger partial charge in [0.2, 0.25) is 0 Å². The number of aliphatic hydroxyl groups excluding tert-OH is 1. The summed E-state index contributed by atoms with van der Waals surface area (Å²) >= 11 is 0. The Balaban J connectivity index is 2.99. The van der Waals surface area contributed by atoms with Crippen LogP contribution >= 0.6 is 0 Å². The predicted octanol–water partition coefficient (Wildman–Crippen LogP) is 1.81. The maximum Gasteiger partial charge on any atom is 0.0552 e. The van der Waals surface area contributed by atoms with E-state index in [-0.39, 0.29) is 6.10 Å². The van der Waals surface area contributed by atoms with Crippen LogP contribution in [0.15, 0.2) is 12.1 Å². The summed E-state index contributed by atoms with van der Waals surface area (Å²) in [5.41, 5.74) is 10.1.